The van der Waals surface area contributed by atoms with E-state index in [1.54, 1.807) is 6.92 Å². The second-order valence-corrected chi connectivity index (χ2v) is 5.59. The Morgan fingerprint density at radius 2 is 1.87 bits per heavy atom. The summed E-state index contributed by atoms with van der Waals surface area (Å²) in [6, 6.07) is -1.73. The van der Waals surface area contributed by atoms with E-state index in [9.17, 15) is 19.2 Å². The number of barbiturate groups is 1. The molecule has 1 saturated carbocycles. The molecule has 1 heterocycles. The van der Waals surface area contributed by atoms with Gasteiger partial charge in [0, 0.05) is 11.7 Å². The summed E-state index contributed by atoms with van der Waals surface area (Å²) in [7, 11) is 0. The molecule has 2 rings (SSSR count). The molecule has 2 aliphatic rings. The number of amides is 6. The lowest BCUT2D eigenvalue weighted by atomic mass is 9.91. The quantitative estimate of drug-likeness (QED) is 0.430. The Balaban J connectivity index is 2.21. The lowest BCUT2D eigenvalue weighted by Gasteiger charge is -2.38. The minimum Gasteiger partial charge on any atom is -0.350 e. The highest BCUT2D eigenvalue weighted by Crippen LogP contribution is 2.27. The van der Waals surface area contributed by atoms with E-state index in [2.05, 4.69) is 16.2 Å². The molecular weight excluding hydrogens is 302 g/mol. The highest BCUT2D eigenvalue weighted by Gasteiger charge is 2.45. The molecular formula is C14H21N5O4. The van der Waals surface area contributed by atoms with Gasteiger partial charge in [0.25, 0.3) is 0 Å². The highest BCUT2D eigenvalue weighted by atomic mass is 16.2. The maximum atomic E-state index is 12.7. The summed E-state index contributed by atoms with van der Waals surface area (Å²) in [5.74, 6) is -2.53. The minimum absolute atomic E-state index is 0.166. The van der Waals surface area contributed by atoms with Crippen molar-refractivity contribution in [1.29, 1.82) is 0 Å². The number of urea groups is 2. The number of hydrogen-bond donors (Lipinski definition) is 4. The Hall–Kier alpha value is -2.58. The van der Waals surface area contributed by atoms with Gasteiger partial charge in [-0.25, -0.2) is 9.59 Å². The van der Waals surface area contributed by atoms with Crippen LogP contribution in [0.3, 0.4) is 0 Å². The van der Waals surface area contributed by atoms with E-state index < -0.39 is 29.8 Å². The van der Waals surface area contributed by atoms with E-state index in [1.807, 2.05) is 0 Å². The van der Waals surface area contributed by atoms with Gasteiger partial charge in [0.1, 0.15) is 0 Å². The van der Waals surface area contributed by atoms with Crippen LogP contribution in [0.1, 0.15) is 39.0 Å². The largest absolute Gasteiger partial charge is 0.350 e. The number of rotatable bonds is 4. The molecule has 5 N–H and O–H groups in total. The van der Waals surface area contributed by atoms with E-state index >= 15 is 0 Å². The molecule has 0 spiro atoms. The SMILES string of the molecule is C/C=C(/NNC(N)=O)[C@@H]1C(=O)NC(=O)N(C2CCCCC2)C1=O. The van der Waals surface area contributed by atoms with E-state index in [0.29, 0.717) is 0 Å². The fourth-order valence-corrected chi connectivity index (χ4v) is 2.99. The molecule has 0 radical (unpaired) electrons. The number of nitrogens with zero attached hydrogens (tertiary/aromatic N) is 1. The number of carbonyl (C=O) groups excluding carboxylic acids is 4. The smallest absolute Gasteiger partial charge is 0.331 e. The number of imide groups is 2. The molecule has 23 heavy (non-hydrogen) atoms. The van der Waals surface area contributed by atoms with E-state index in [0.717, 1.165) is 37.0 Å². The molecule has 126 valence electrons. The van der Waals surface area contributed by atoms with Gasteiger partial charge in [-0.05, 0) is 19.8 Å². The number of primary amides is 1. The molecule has 0 bridgehead atoms. The van der Waals surface area contributed by atoms with Crippen molar-refractivity contribution in [2.24, 2.45) is 11.7 Å². The van der Waals surface area contributed by atoms with Gasteiger partial charge in [-0.1, -0.05) is 25.3 Å². The van der Waals surface area contributed by atoms with Crippen LogP contribution in [0.2, 0.25) is 0 Å². The van der Waals surface area contributed by atoms with Crippen LogP contribution in [0, 0.1) is 5.92 Å². The first kappa shape index (κ1) is 16.8. The zero-order valence-electron chi connectivity index (χ0n) is 12.9. The molecule has 1 aliphatic carbocycles. The molecule has 1 aliphatic heterocycles. The Bertz CT molecular complexity index is 553. The van der Waals surface area contributed by atoms with Crippen molar-refractivity contribution in [1.82, 2.24) is 21.1 Å². The summed E-state index contributed by atoms with van der Waals surface area (Å²) in [5, 5.41) is 2.21. The Morgan fingerprint density at radius 3 is 2.43 bits per heavy atom. The molecule has 0 aromatic rings. The van der Waals surface area contributed by atoms with Gasteiger partial charge >= 0.3 is 12.1 Å². The summed E-state index contributed by atoms with van der Waals surface area (Å²) >= 11 is 0. The van der Waals surface area contributed by atoms with Crippen molar-refractivity contribution in [3.63, 3.8) is 0 Å². The highest BCUT2D eigenvalue weighted by molar-refractivity contribution is 6.17. The molecule has 9 heteroatoms. The van der Waals surface area contributed by atoms with Gasteiger partial charge in [0.2, 0.25) is 11.8 Å². The first-order valence-electron chi connectivity index (χ1n) is 7.61. The van der Waals surface area contributed by atoms with Crippen LogP contribution in [-0.2, 0) is 9.59 Å². The predicted molar refractivity (Wildman–Crippen MR) is 80.4 cm³/mol. The fraction of sp³-hybridized carbons (Fsp3) is 0.571. The summed E-state index contributed by atoms with van der Waals surface area (Å²) in [5.41, 5.74) is 9.72. The monoisotopic (exact) mass is 323 g/mol. The molecule has 2 fully saturated rings. The van der Waals surface area contributed by atoms with Crippen molar-refractivity contribution in [3.05, 3.63) is 11.8 Å². The average Bonchev–Trinajstić information content (AvgIpc) is 2.51. The first-order valence-corrected chi connectivity index (χ1v) is 7.61. The third-order valence-corrected chi connectivity index (χ3v) is 4.09. The predicted octanol–water partition coefficient (Wildman–Crippen LogP) is 0.0904. The average molecular weight is 323 g/mol. The normalized spacial score (nSPS) is 23.5. The van der Waals surface area contributed by atoms with E-state index in [4.69, 9.17) is 5.73 Å². The van der Waals surface area contributed by atoms with Crippen LogP contribution in [0.4, 0.5) is 9.59 Å². The molecule has 1 saturated heterocycles. The minimum atomic E-state index is -1.22. The first-order chi connectivity index (χ1) is 11.0. The fourth-order valence-electron chi connectivity index (χ4n) is 2.99. The number of nitrogens with two attached hydrogens (primary N) is 1. The van der Waals surface area contributed by atoms with Gasteiger partial charge in [-0.3, -0.25) is 25.2 Å². The molecule has 1 atom stereocenters. The third kappa shape index (κ3) is 3.61. The number of allylic oxidation sites excluding steroid dienone is 1. The van der Waals surface area contributed by atoms with Crippen molar-refractivity contribution in [2.45, 2.75) is 45.1 Å². The third-order valence-electron chi connectivity index (χ3n) is 4.09. The van der Waals surface area contributed by atoms with Crippen molar-refractivity contribution in [2.75, 3.05) is 0 Å². The maximum absolute atomic E-state index is 12.7. The Labute approximate surface area is 133 Å². The van der Waals surface area contributed by atoms with Crippen LogP contribution in [-0.4, -0.2) is 34.8 Å². The molecule has 0 aromatic carbocycles. The van der Waals surface area contributed by atoms with Crippen molar-refractivity contribution >= 4 is 23.9 Å². The topological polar surface area (TPSA) is 134 Å². The van der Waals surface area contributed by atoms with Crippen molar-refractivity contribution in [3.8, 4) is 0 Å². The zero-order valence-corrected chi connectivity index (χ0v) is 12.9. The van der Waals surface area contributed by atoms with Crippen LogP contribution >= 0.6 is 0 Å². The molecule has 0 unspecified atom stereocenters. The van der Waals surface area contributed by atoms with Gasteiger partial charge in [0.05, 0.1) is 0 Å². The summed E-state index contributed by atoms with van der Waals surface area (Å²) in [4.78, 5) is 48.8. The second-order valence-electron chi connectivity index (χ2n) is 5.59. The van der Waals surface area contributed by atoms with Crippen LogP contribution in [0.5, 0.6) is 0 Å². The van der Waals surface area contributed by atoms with Gasteiger partial charge in [-0.15, -0.1) is 0 Å². The number of nitrogens with one attached hydrogen (secondary N) is 3. The number of carbonyl (C=O) groups is 4. The Morgan fingerprint density at radius 1 is 1.22 bits per heavy atom. The van der Waals surface area contributed by atoms with E-state index in [-0.39, 0.29) is 11.7 Å². The second kappa shape index (κ2) is 7.12. The number of hydrogen-bond acceptors (Lipinski definition) is 5. The van der Waals surface area contributed by atoms with Gasteiger partial charge in [-0.2, -0.15) is 0 Å². The summed E-state index contributed by atoms with van der Waals surface area (Å²) < 4.78 is 0. The van der Waals surface area contributed by atoms with Crippen molar-refractivity contribution < 1.29 is 19.2 Å². The van der Waals surface area contributed by atoms with Gasteiger partial charge < -0.3 is 11.2 Å². The van der Waals surface area contributed by atoms with Crippen LogP contribution < -0.4 is 21.9 Å². The summed E-state index contributed by atoms with van der Waals surface area (Å²) in [6.45, 7) is 1.60. The van der Waals surface area contributed by atoms with Gasteiger partial charge in [0.15, 0.2) is 5.92 Å². The summed E-state index contributed by atoms with van der Waals surface area (Å²) in [6.07, 6.45) is 5.91. The maximum Gasteiger partial charge on any atom is 0.331 e. The Kier molecular flexibility index (Phi) is 5.20. The van der Waals surface area contributed by atoms with Crippen LogP contribution in [0.25, 0.3) is 0 Å². The molecule has 0 aromatic heterocycles. The lowest BCUT2D eigenvalue weighted by molar-refractivity contribution is -0.143. The zero-order chi connectivity index (χ0) is 17.0. The molecule has 9 nitrogen and oxygen atoms in total. The standard InChI is InChI=1S/C14H21N5O4/c1-2-9(17-18-13(15)22)10-11(20)16-14(23)19(12(10)21)8-6-4-3-5-7-8/h2,8,10,17H,3-7H2,1H3,(H3,15,18,22)(H,16,20,23)/b9-2+/t10-/m1/s1. The van der Waals surface area contributed by atoms with E-state index in [1.165, 1.54) is 6.08 Å². The number of hydrazine groups is 1. The molecule has 6 amide bonds. The van der Waals surface area contributed by atoms with Crippen LogP contribution in [0.15, 0.2) is 11.8 Å². The lowest BCUT2D eigenvalue weighted by Crippen LogP contribution is -2.62.